The molecule has 1 heterocycles. The highest BCUT2D eigenvalue weighted by Gasteiger charge is 2.23. The number of aromatic nitrogens is 1. The molecule has 3 rings (SSSR count). The Morgan fingerprint density at radius 1 is 1.33 bits per heavy atom. The van der Waals surface area contributed by atoms with E-state index >= 15 is 0 Å². The van der Waals surface area contributed by atoms with E-state index in [0.29, 0.717) is 16.7 Å². The van der Waals surface area contributed by atoms with Crippen LogP contribution < -0.4 is 10.5 Å². The van der Waals surface area contributed by atoms with Gasteiger partial charge in [0.25, 0.3) is 5.69 Å². The molecule has 1 fully saturated rings. The van der Waals surface area contributed by atoms with Crippen molar-refractivity contribution in [1.82, 2.24) is 4.98 Å². The number of hydrogen-bond acceptors (Lipinski definition) is 5. The molecule has 110 valence electrons. The van der Waals surface area contributed by atoms with E-state index in [4.69, 9.17) is 10.5 Å². The molecule has 0 bridgehead atoms. The first kappa shape index (κ1) is 13.8. The van der Waals surface area contributed by atoms with Crippen LogP contribution >= 0.6 is 0 Å². The predicted octanol–water partition coefficient (Wildman–Crippen LogP) is 2.79. The van der Waals surface area contributed by atoms with E-state index in [1.54, 1.807) is 24.4 Å². The molecular weight excluding hydrogens is 270 g/mol. The van der Waals surface area contributed by atoms with Gasteiger partial charge in [-0.05, 0) is 43.9 Å². The van der Waals surface area contributed by atoms with Gasteiger partial charge in [-0.2, -0.15) is 0 Å². The minimum absolute atomic E-state index is 0.0470. The number of pyridine rings is 1. The Hall–Kier alpha value is -2.21. The number of benzene rings is 1. The van der Waals surface area contributed by atoms with Gasteiger partial charge in [0.1, 0.15) is 17.4 Å². The first-order chi connectivity index (χ1) is 10.1. The van der Waals surface area contributed by atoms with Crippen LogP contribution in [0.15, 0.2) is 30.5 Å². The molecule has 0 aliphatic heterocycles. The fourth-order valence-electron chi connectivity index (χ4n) is 2.85. The fourth-order valence-corrected chi connectivity index (χ4v) is 2.85. The van der Waals surface area contributed by atoms with Crippen molar-refractivity contribution in [2.45, 2.75) is 37.8 Å². The van der Waals surface area contributed by atoms with Gasteiger partial charge in [0.15, 0.2) is 0 Å². The molecule has 2 unspecified atom stereocenters. The van der Waals surface area contributed by atoms with Gasteiger partial charge in [-0.3, -0.25) is 15.1 Å². The maximum atomic E-state index is 11.1. The van der Waals surface area contributed by atoms with Crippen molar-refractivity contribution < 1.29 is 9.66 Å². The van der Waals surface area contributed by atoms with E-state index in [9.17, 15) is 10.1 Å². The standard InChI is InChI=1S/C15H17N3O3/c16-10-3-1-4-11(9-10)21-14-7-6-13(18(19)20)12-5-2-8-17-15(12)14/h2,5-8,10-11H,1,3-4,9,16H2. The summed E-state index contributed by atoms with van der Waals surface area (Å²) in [5.74, 6) is 0.593. The second-order valence-corrected chi connectivity index (χ2v) is 5.41. The van der Waals surface area contributed by atoms with Crippen LogP contribution in [0.3, 0.4) is 0 Å². The van der Waals surface area contributed by atoms with Crippen LogP contribution in [0.2, 0.25) is 0 Å². The van der Waals surface area contributed by atoms with Crippen LogP contribution in [0.1, 0.15) is 25.7 Å². The predicted molar refractivity (Wildman–Crippen MR) is 79.3 cm³/mol. The number of nitro groups is 1. The summed E-state index contributed by atoms with van der Waals surface area (Å²) >= 11 is 0. The van der Waals surface area contributed by atoms with Crippen LogP contribution in [0.25, 0.3) is 10.9 Å². The minimum Gasteiger partial charge on any atom is -0.488 e. The van der Waals surface area contributed by atoms with Crippen molar-refractivity contribution in [1.29, 1.82) is 0 Å². The van der Waals surface area contributed by atoms with E-state index < -0.39 is 4.92 Å². The maximum Gasteiger partial charge on any atom is 0.279 e. The Labute approximate surface area is 122 Å². The molecule has 2 aromatic rings. The molecule has 21 heavy (non-hydrogen) atoms. The third kappa shape index (κ3) is 2.80. The van der Waals surface area contributed by atoms with E-state index in [1.807, 2.05) is 0 Å². The smallest absolute Gasteiger partial charge is 0.279 e. The summed E-state index contributed by atoms with van der Waals surface area (Å²) in [5.41, 5.74) is 6.55. The summed E-state index contributed by atoms with van der Waals surface area (Å²) in [5, 5.41) is 11.6. The van der Waals surface area contributed by atoms with E-state index in [0.717, 1.165) is 25.7 Å². The summed E-state index contributed by atoms with van der Waals surface area (Å²) in [6.07, 6.45) is 5.51. The van der Waals surface area contributed by atoms with Gasteiger partial charge in [-0.1, -0.05) is 0 Å². The third-order valence-corrected chi connectivity index (χ3v) is 3.87. The summed E-state index contributed by atoms with van der Waals surface area (Å²) in [4.78, 5) is 14.9. The lowest BCUT2D eigenvalue weighted by Crippen LogP contribution is -2.33. The molecule has 0 spiro atoms. The molecule has 2 N–H and O–H groups in total. The molecule has 1 aromatic carbocycles. The van der Waals surface area contributed by atoms with Crippen molar-refractivity contribution in [3.63, 3.8) is 0 Å². The second kappa shape index (κ2) is 5.65. The van der Waals surface area contributed by atoms with E-state index in [2.05, 4.69) is 4.98 Å². The van der Waals surface area contributed by atoms with Gasteiger partial charge in [-0.15, -0.1) is 0 Å². The van der Waals surface area contributed by atoms with Crippen LogP contribution in [0.5, 0.6) is 5.75 Å². The summed E-state index contributed by atoms with van der Waals surface area (Å²) in [6, 6.07) is 6.66. The second-order valence-electron chi connectivity index (χ2n) is 5.41. The first-order valence-electron chi connectivity index (χ1n) is 7.09. The highest BCUT2D eigenvalue weighted by atomic mass is 16.6. The molecular formula is C15H17N3O3. The number of rotatable bonds is 3. The zero-order chi connectivity index (χ0) is 14.8. The van der Waals surface area contributed by atoms with Crippen LogP contribution in [0, 0.1) is 10.1 Å². The van der Waals surface area contributed by atoms with Gasteiger partial charge < -0.3 is 10.5 Å². The highest BCUT2D eigenvalue weighted by molar-refractivity contribution is 5.92. The lowest BCUT2D eigenvalue weighted by atomic mass is 9.93. The van der Waals surface area contributed by atoms with E-state index in [-0.39, 0.29) is 17.8 Å². The summed E-state index contributed by atoms with van der Waals surface area (Å²) < 4.78 is 6.01. The van der Waals surface area contributed by atoms with Gasteiger partial charge >= 0.3 is 0 Å². The molecule has 0 amide bonds. The number of hydrogen-bond donors (Lipinski definition) is 1. The molecule has 2 atom stereocenters. The minimum atomic E-state index is -0.398. The van der Waals surface area contributed by atoms with Crippen molar-refractivity contribution in [3.05, 3.63) is 40.6 Å². The summed E-state index contributed by atoms with van der Waals surface area (Å²) in [7, 11) is 0. The zero-order valence-electron chi connectivity index (χ0n) is 11.6. The molecule has 1 saturated carbocycles. The molecule has 6 nitrogen and oxygen atoms in total. The lowest BCUT2D eigenvalue weighted by Gasteiger charge is -2.27. The average molecular weight is 287 g/mol. The molecule has 0 saturated heterocycles. The number of non-ortho nitro benzene ring substituents is 1. The fraction of sp³-hybridized carbons (Fsp3) is 0.400. The molecule has 0 radical (unpaired) electrons. The summed E-state index contributed by atoms with van der Waals surface area (Å²) in [6.45, 7) is 0. The van der Waals surface area contributed by atoms with E-state index in [1.165, 1.54) is 6.07 Å². The third-order valence-electron chi connectivity index (χ3n) is 3.87. The number of nitrogens with zero attached hydrogens (tertiary/aromatic N) is 2. The Balaban J connectivity index is 1.96. The van der Waals surface area contributed by atoms with Crippen LogP contribution in [-0.2, 0) is 0 Å². The highest BCUT2D eigenvalue weighted by Crippen LogP contribution is 2.33. The topological polar surface area (TPSA) is 91.3 Å². The number of nitro benzene ring substituents is 1. The molecule has 1 aliphatic carbocycles. The number of ether oxygens (including phenoxy) is 1. The van der Waals surface area contributed by atoms with Crippen LogP contribution in [0.4, 0.5) is 5.69 Å². The largest absolute Gasteiger partial charge is 0.488 e. The zero-order valence-corrected chi connectivity index (χ0v) is 11.6. The van der Waals surface area contributed by atoms with Gasteiger partial charge in [0.2, 0.25) is 0 Å². The van der Waals surface area contributed by atoms with Gasteiger partial charge in [0, 0.05) is 18.3 Å². The van der Waals surface area contributed by atoms with Crippen molar-refractivity contribution >= 4 is 16.6 Å². The molecule has 1 aromatic heterocycles. The Morgan fingerprint density at radius 3 is 2.95 bits per heavy atom. The van der Waals surface area contributed by atoms with Crippen LogP contribution in [-0.4, -0.2) is 22.1 Å². The van der Waals surface area contributed by atoms with Crippen molar-refractivity contribution in [3.8, 4) is 5.75 Å². The SMILES string of the molecule is NC1CCCC(Oc2ccc([N+](=O)[O-])c3cccnc23)C1. The Morgan fingerprint density at radius 2 is 2.19 bits per heavy atom. The maximum absolute atomic E-state index is 11.1. The quantitative estimate of drug-likeness (QED) is 0.692. The molecule has 1 aliphatic rings. The van der Waals surface area contributed by atoms with Crippen molar-refractivity contribution in [2.24, 2.45) is 5.73 Å². The Kier molecular flexibility index (Phi) is 3.70. The molecule has 6 heteroatoms. The number of fused-ring (bicyclic) bond motifs is 1. The lowest BCUT2D eigenvalue weighted by molar-refractivity contribution is -0.383. The Bertz CT molecular complexity index is 674. The van der Waals surface area contributed by atoms with Gasteiger partial charge in [0.05, 0.1) is 10.3 Å². The number of nitrogens with two attached hydrogens (primary N) is 1. The average Bonchev–Trinajstić information content (AvgIpc) is 2.47. The normalized spacial score (nSPS) is 22.1. The van der Waals surface area contributed by atoms with Crippen molar-refractivity contribution in [2.75, 3.05) is 0 Å². The first-order valence-corrected chi connectivity index (χ1v) is 7.09. The monoisotopic (exact) mass is 287 g/mol. The van der Waals surface area contributed by atoms with Gasteiger partial charge in [-0.25, -0.2) is 0 Å².